The lowest BCUT2D eigenvalue weighted by Gasteiger charge is -2.17. The van der Waals surface area contributed by atoms with Crippen LogP contribution in [0.1, 0.15) is 30.7 Å². The van der Waals surface area contributed by atoms with E-state index in [2.05, 4.69) is 40.4 Å². The first kappa shape index (κ1) is 17.1. The lowest BCUT2D eigenvalue weighted by atomic mass is 10.0. The first-order valence-corrected chi connectivity index (χ1v) is 8.88. The van der Waals surface area contributed by atoms with Crippen molar-refractivity contribution in [1.29, 1.82) is 0 Å². The Kier molecular flexibility index (Phi) is 7.03. The minimum Gasteiger partial charge on any atom is -0.393 e. The molecule has 2 atom stereocenters. The molecule has 3 rings (SSSR count). The molecule has 0 bridgehead atoms. The number of nitrogens with zero attached hydrogens (tertiary/aromatic N) is 2. The largest absolute Gasteiger partial charge is 0.393 e. The minimum atomic E-state index is -0.177. The molecule has 0 radical (unpaired) electrons. The molecular weight excluding hydrogens is 292 g/mol. The molecule has 3 heterocycles. The molecule has 2 unspecified atom stereocenters. The van der Waals surface area contributed by atoms with Crippen LogP contribution in [0.5, 0.6) is 0 Å². The minimum absolute atomic E-state index is 0.177. The Bertz CT molecular complexity index is 513. The van der Waals surface area contributed by atoms with Gasteiger partial charge in [0.05, 0.1) is 6.10 Å². The van der Waals surface area contributed by atoms with Gasteiger partial charge >= 0.3 is 0 Å². The number of hydrogen-bond acceptors (Lipinski definition) is 4. The van der Waals surface area contributed by atoms with E-state index in [-0.39, 0.29) is 6.10 Å². The molecule has 0 saturated carbocycles. The van der Waals surface area contributed by atoms with Crippen LogP contribution in [0, 0.1) is 5.92 Å². The van der Waals surface area contributed by atoms with Gasteiger partial charge in [-0.3, -0.25) is 9.88 Å². The number of likely N-dealkylation sites (tertiary alicyclic amines) is 1. The molecule has 22 heavy (non-hydrogen) atoms. The third-order valence-electron chi connectivity index (χ3n) is 4.05. The summed E-state index contributed by atoms with van der Waals surface area (Å²) >= 11 is 1.82. The van der Waals surface area contributed by atoms with E-state index in [4.69, 9.17) is 0 Å². The molecule has 120 valence electrons. The molecule has 0 aromatic carbocycles. The molecule has 4 heteroatoms. The van der Waals surface area contributed by atoms with Crippen LogP contribution < -0.4 is 0 Å². The summed E-state index contributed by atoms with van der Waals surface area (Å²) in [6.45, 7) is 7.11. The number of hydrogen-bond donors (Lipinski definition) is 1. The predicted molar refractivity (Wildman–Crippen MR) is 93.0 cm³/mol. The van der Waals surface area contributed by atoms with Crippen LogP contribution >= 0.6 is 11.3 Å². The summed E-state index contributed by atoms with van der Waals surface area (Å²) in [4.78, 5) is 7.96. The van der Waals surface area contributed by atoms with E-state index in [1.807, 2.05) is 30.5 Å². The Morgan fingerprint density at radius 1 is 1.41 bits per heavy atom. The normalized spacial score (nSPS) is 19.5. The average Bonchev–Trinajstić information content (AvgIpc) is 3.20. The molecule has 1 fully saturated rings. The number of aliphatic hydroxyl groups excluding tert-OH is 1. The number of rotatable bonds is 4. The van der Waals surface area contributed by atoms with E-state index in [0.717, 1.165) is 26.1 Å². The van der Waals surface area contributed by atoms with Crippen molar-refractivity contribution >= 4 is 11.3 Å². The van der Waals surface area contributed by atoms with Crippen LogP contribution in [0.4, 0.5) is 0 Å². The fourth-order valence-corrected chi connectivity index (χ4v) is 3.32. The molecule has 2 aromatic heterocycles. The summed E-state index contributed by atoms with van der Waals surface area (Å²) < 4.78 is 0. The summed E-state index contributed by atoms with van der Waals surface area (Å²) in [6, 6.07) is 8.31. The van der Waals surface area contributed by atoms with Gasteiger partial charge in [-0.15, -0.1) is 11.3 Å². The van der Waals surface area contributed by atoms with Gasteiger partial charge in [0.15, 0.2) is 0 Å². The van der Waals surface area contributed by atoms with Gasteiger partial charge in [-0.1, -0.05) is 19.1 Å². The molecule has 0 amide bonds. The van der Waals surface area contributed by atoms with E-state index in [9.17, 15) is 5.11 Å². The van der Waals surface area contributed by atoms with Crippen molar-refractivity contribution < 1.29 is 5.11 Å². The van der Waals surface area contributed by atoms with Gasteiger partial charge in [0.1, 0.15) is 0 Å². The van der Waals surface area contributed by atoms with Crippen LogP contribution in [0.15, 0.2) is 42.0 Å². The maximum absolute atomic E-state index is 9.50. The maximum atomic E-state index is 9.50. The highest BCUT2D eigenvalue weighted by atomic mass is 32.1. The molecule has 1 saturated heterocycles. The Hall–Kier alpha value is -1.23. The van der Waals surface area contributed by atoms with Crippen molar-refractivity contribution in [2.45, 2.75) is 39.3 Å². The maximum Gasteiger partial charge on any atom is 0.0552 e. The molecular formula is C18H26N2OS. The van der Waals surface area contributed by atoms with Gasteiger partial charge in [-0.2, -0.15) is 0 Å². The summed E-state index contributed by atoms with van der Waals surface area (Å²) in [5.41, 5.74) is 1.25. The van der Waals surface area contributed by atoms with Gasteiger partial charge in [0, 0.05) is 30.4 Å². The summed E-state index contributed by atoms with van der Waals surface area (Å²) in [5, 5.41) is 11.6. The predicted octanol–water partition coefficient (Wildman–Crippen LogP) is 3.59. The summed E-state index contributed by atoms with van der Waals surface area (Å²) in [7, 11) is 0. The third-order valence-corrected chi connectivity index (χ3v) is 5.07. The molecule has 3 nitrogen and oxygen atoms in total. The molecule has 2 aromatic rings. The van der Waals surface area contributed by atoms with Crippen molar-refractivity contribution in [3.05, 3.63) is 52.5 Å². The molecule has 0 spiro atoms. The highest BCUT2D eigenvalue weighted by Crippen LogP contribution is 2.21. The lowest BCUT2D eigenvalue weighted by molar-refractivity contribution is 0.127. The van der Waals surface area contributed by atoms with Gasteiger partial charge in [0.25, 0.3) is 0 Å². The summed E-state index contributed by atoms with van der Waals surface area (Å²) in [5.74, 6) is 0.446. The van der Waals surface area contributed by atoms with Crippen molar-refractivity contribution in [3.63, 3.8) is 0 Å². The van der Waals surface area contributed by atoms with E-state index in [1.165, 1.54) is 16.9 Å². The van der Waals surface area contributed by atoms with Crippen molar-refractivity contribution in [2.24, 2.45) is 5.92 Å². The lowest BCUT2D eigenvalue weighted by Crippen LogP contribution is -2.23. The number of aromatic nitrogens is 1. The van der Waals surface area contributed by atoms with Crippen LogP contribution in [-0.2, 0) is 13.0 Å². The second kappa shape index (κ2) is 9.03. The average molecular weight is 318 g/mol. The number of aryl methyl sites for hydroxylation is 1. The van der Waals surface area contributed by atoms with Crippen molar-refractivity contribution in [2.75, 3.05) is 13.1 Å². The van der Waals surface area contributed by atoms with Crippen LogP contribution in [-0.4, -0.2) is 34.2 Å². The first-order valence-electron chi connectivity index (χ1n) is 8.00. The van der Waals surface area contributed by atoms with Gasteiger partial charge in [0.2, 0.25) is 0 Å². The molecule has 1 aliphatic heterocycles. The fourth-order valence-electron chi connectivity index (χ4n) is 2.66. The molecule has 1 N–H and O–H groups in total. The highest BCUT2D eigenvalue weighted by Gasteiger charge is 2.25. The van der Waals surface area contributed by atoms with E-state index in [1.54, 1.807) is 6.20 Å². The van der Waals surface area contributed by atoms with Crippen LogP contribution in [0.3, 0.4) is 0 Å². The monoisotopic (exact) mass is 318 g/mol. The van der Waals surface area contributed by atoms with E-state index >= 15 is 0 Å². The van der Waals surface area contributed by atoms with Crippen molar-refractivity contribution in [3.8, 4) is 0 Å². The summed E-state index contributed by atoms with van der Waals surface area (Å²) in [6.07, 6.45) is 5.82. The zero-order valence-electron chi connectivity index (χ0n) is 13.5. The first-order chi connectivity index (χ1) is 10.7. The number of aliphatic hydroxyl groups is 1. The fraction of sp³-hybridized carbons (Fsp3) is 0.500. The Morgan fingerprint density at radius 3 is 2.77 bits per heavy atom. The zero-order valence-corrected chi connectivity index (χ0v) is 14.3. The molecule has 0 aliphatic carbocycles. The van der Waals surface area contributed by atoms with Crippen LogP contribution in [0.25, 0.3) is 0 Å². The van der Waals surface area contributed by atoms with E-state index < -0.39 is 0 Å². The smallest absolute Gasteiger partial charge is 0.0552 e. The Balaban J connectivity index is 0.000000211. The SMILES string of the molecule is CC(O)C1CCN(Cc2cccnc2)C1.CCc1cccs1. The number of thiophene rings is 1. The Labute approximate surface area is 137 Å². The Morgan fingerprint density at radius 2 is 2.27 bits per heavy atom. The second-order valence-electron chi connectivity index (χ2n) is 5.82. The van der Waals surface area contributed by atoms with E-state index in [0.29, 0.717) is 5.92 Å². The quantitative estimate of drug-likeness (QED) is 0.936. The molecule has 1 aliphatic rings. The topological polar surface area (TPSA) is 36.4 Å². The highest BCUT2D eigenvalue weighted by molar-refractivity contribution is 7.09. The van der Waals surface area contributed by atoms with Crippen LogP contribution in [0.2, 0.25) is 0 Å². The standard InChI is InChI=1S/C12H18N2O.C6H8S/c1-10(15)12-4-6-14(9-12)8-11-3-2-5-13-7-11;1-2-6-4-3-5-7-6/h2-3,5,7,10,12,15H,4,6,8-9H2,1H3;3-5H,2H2,1H3. The van der Waals surface area contributed by atoms with Crippen molar-refractivity contribution in [1.82, 2.24) is 9.88 Å². The van der Waals surface area contributed by atoms with Gasteiger partial charge in [-0.05, 0) is 55.3 Å². The third kappa shape index (κ3) is 5.52. The second-order valence-corrected chi connectivity index (χ2v) is 6.85. The zero-order chi connectivity index (χ0) is 15.8. The number of pyridine rings is 1. The van der Waals surface area contributed by atoms with Gasteiger partial charge < -0.3 is 5.11 Å². The van der Waals surface area contributed by atoms with Gasteiger partial charge in [-0.25, -0.2) is 0 Å².